The Labute approximate surface area is 115 Å². The van der Waals surface area contributed by atoms with Gasteiger partial charge in [0.1, 0.15) is 18.0 Å². The lowest BCUT2D eigenvalue weighted by Crippen LogP contribution is -1.87. The van der Waals surface area contributed by atoms with E-state index in [0.29, 0.717) is 0 Å². The first kappa shape index (κ1) is 12.5. The van der Waals surface area contributed by atoms with Gasteiger partial charge in [0.05, 0.1) is 5.69 Å². The summed E-state index contributed by atoms with van der Waals surface area (Å²) in [5.41, 5.74) is 3.57. The third-order valence-corrected chi connectivity index (χ3v) is 3.08. The minimum Gasteiger partial charge on any atom is -0.341 e. The summed E-state index contributed by atoms with van der Waals surface area (Å²) >= 11 is 0. The molecule has 100 valence electrons. The Kier molecular flexibility index (Phi) is 3.25. The Bertz CT molecular complexity index is 704. The van der Waals surface area contributed by atoms with Crippen LogP contribution >= 0.6 is 0 Å². The van der Waals surface area contributed by atoms with E-state index in [4.69, 9.17) is 0 Å². The minimum absolute atomic E-state index is 0.257. The Morgan fingerprint density at radius 1 is 1.05 bits per heavy atom. The number of benzene rings is 1. The van der Waals surface area contributed by atoms with E-state index in [2.05, 4.69) is 26.9 Å². The van der Waals surface area contributed by atoms with Crippen LogP contribution in [0.3, 0.4) is 0 Å². The summed E-state index contributed by atoms with van der Waals surface area (Å²) in [6.45, 7) is 2.05. The van der Waals surface area contributed by atoms with E-state index in [1.54, 1.807) is 24.5 Å². The van der Waals surface area contributed by atoms with Crippen molar-refractivity contribution in [3.8, 4) is 22.6 Å². The highest BCUT2D eigenvalue weighted by Gasteiger charge is 2.12. The van der Waals surface area contributed by atoms with Crippen molar-refractivity contribution in [2.45, 2.75) is 13.3 Å². The van der Waals surface area contributed by atoms with Crippen LogP contribution < -0.4 is 0 Å². The van der Waals surface area contributed by atoms with Crippen LogP contribution in [0.15, 0.2) is 43.0 Å². The average molecular weight is 268 g/mol. The number of H-pyrrole nitrogens is 1. The first-order chi connectivity index (χ1) is 9.78. The van der Waals surface area contributed by atoms with Crippen LogP contribution in [0.25, 0.3) is 22.6 Å². The Hall–Kier alpha value is -2.56. The molecule has 0 spiro atoms. The van der Waals surface area contributed by atoms with Gasteiger partial charge in [-0.2, -0.15) is 0 Å². The van der Waals surface area contributed by atoms with Crippen LogP contribution in [0.1, 0.15) is 12.6 Å². The monoisotopic (exact) mass is 268 g/mol. The van der Waals surface area contributed by atoms with Crippen molar-refractivity contribution >= 4 is 0 Å². The number of rotatable bonds is 3. The summed E-state index contributed by atoms with van der Waals surface area (Å²) in [6, 6.07) is 6.27. The number of halogens is 1. The zero-order chi connectivity index (χ0) is 13.9. The molecule has 2 aromatic heterocycles. The maximum atomic E-state index is 13.0. The normalized spacial score (nSPS) is 10.7. The quantitative estimate of drug-likeness (QED) is 0.793. The summed E-state index contributed by atoms with van der Waals surface area (Å²) in [5.74, 6) is 0.466. The number of aryl methyl sites for hydroxylation is 1. The Morgan fingerprint density at radius 3 is 2.40 bits per heavy atom. The lowest BCUT2D eigenvalue weighted by atomic mass is 10.2. The number of nitrogens with one attached hydrogen (secondary N) is 1. The molecule has 3 aromatic rings. The van der Waals surface area contributed by atoms with Gasteiger partial charge in [0.15, 0.2) is 0 Å². The third kappa shape index (κ3) is 2.30. The molecule has 0 unspecified atom stereocenters. The molecule has 0 atom stereocenters. The van der Waals surface area contributed by atoms with Gasteiger partial charge in [-0.15, -0.1) is 0 Å². The Morgan fingerprint density at radius 2 is 1.75 bits per heavy atom. The van der Waals surface area contributed by atoms with Gasteiger partial charge < -0.3 is 4.98 Å². The highest BCUT2D eigenvalue weighted by molar-refractivity contribution is 5.66. The maximum Gasteiger partial charge on any atom is 0.138 e. The fourth-order valence-electron chi connectivity index (χ4n) is 2.07. The van der Waals surface area contributed by atoms with Crippen molar-refractivity contribution in [3.63, 3.8) is 0 Å². The second-order valence-electron chi connectivity index (χ2n) is 4.40. The van der Waals surface area contributed by atoms with E-state index in [-0.39, 0.29) is 5.82 Å². The number of hydrogen-bond donors (Lipinski definition) is 1. The van der Waals surface area contributed by atoms with E-state index in [0.717, 1.165) is 34.8 Å². The standard InChI is InChI=1S/C15H13FN4/c1-2-13-14(11-7-17-9-18-8-11)20-15(19-13)10-3-5-12(16)6-4-10/h3-9H,2H2,1H3,(H,19,20). The minimum atomic E-state index is -0.257. The zero-order valence-corrected chi connectivity index (χ0v) is 11.0. The second-order valence-corrected chi connectivity index (χ2v) is 4.40. The molecule has 0 aliphatic rings. The molecule has 2 heterocycles. The highest BCUT2D eigenvalue weighted by atomic mass is 19.1. The van der Waals surface area contributed by atoms with Crippen LogP contribution in [-0.2, 0) is 6.42 Å². The predicted octanol–water partition coefficient (Wildman–Crippen LogP) is 3.24. The molecule has 3 rings (SSSR count). The Balaban J connectivity index is 2.07. The number of imidazole rings is 1. The molecule has 0 fully saturated rings. The molecule has 0 amide bonds. The van der Waals surface area contributed by atoms with Crippen molar-refractivity contribution in [2.75, 3.05) is 0 Å². The number of nitrogens with zero attached hydrogens (tertiary/aromatic N) is 3. The molecule has 0 aliphatic heterocycles. The summed E-state index contributed by atoms with van der Waals surface area (Å²) in [4.78, 5) is 15.9. The zero-order valence-electron chi connectivity index (χ0n) is 11.0. The van der Waals surface area contributed by atoms with Crippen molar-refractivity contribution < 1.29 is 4.39 Å². The van der Waals surface area contributed by atoms with Gasteiger partial charge in [0.2, 0.25) is 0 Å². The number of aromatic nitrogens is 4. The topological polar surface area (TPSA) is 54.5 Å². The second kappa shape index (κ2) is 5.21. The van der Waals surface area contributed by atoms with Gasteiger partial charge in [-0.1, -0.05) is 6.92 Å². The molecule has 5 heteroatoms. The smallest absolute Gasteiger partial charge is 0.138 e. The summed E-state index contributed by atoms with van der Waals surface area (Å²) in [7, 11) is 0. The summed E-state index contributed by atoms with van der Waals surface area (Å²) in [6.07, 6.45) is 5.77. The van der Waals surface area contributed by atoms with E-state index in [9.17, 15) is 4.39 Å². The van der Waals surface area contributed by atoms with Crippen LogP contribution in [0.4, 0.5) is 4.39 Å². The molecule has 1 aromatic carbocycles. The van der Waals surface area contributed by atoms with Gasteiger partial charge in [0.25, 0.3) is 0 Å². The molecular formula is C15H13FN4. The first-order valence-electron chi connectivity index (χ1n) is 6.38. The van der Waals surface area contributed by atoms with Gasteiger partial charge in [-0.05, 0) is 30.7 Å². The van der Waals surface area contributed by atoms with Gasteiger partial charge in [-0.3, -0.25) is 0 Å². The van der Waals surface area contributed by atoms with Crippen LogP contribution in [0.5, 0.6) is 0 Å². The molecule has 0 saturated heterocycles. The van der Waals surface area contributed by atoms with Crippen molar-refractivity contribution in [1.82, 2.24) is 19.9 Å². The third-order valence-electron chi connectivity index (χ3n) is 3.08. The molecule has 0 bridgehead atoms. The SMILES string of the molecule is CCc1[nH]c(-c2ccc(F)cc2)nc1-c1cncnc1. The molecule has 20 heavy (non-hydrogen) atoms. The van der Waals surface area contributed by atoms with E-state index in [1.165, 1.54) is 18.5 Å². The number of hydrogen-bond acceptors (Lipinski definition) is 3. The van der Waals surface area contributed by atoms with Crippen LogP contribution in [0.2, 0.25) is 0 Å². The summed E-state index contributed by atoms with van der Waals surface area (Å²) < 4.78 is 13.0. The van der Waals surface area contributed by atoms with Crippen LogP contribution in [-0.4, -0.2) is 19.9 Å². The van der Waals surface area contributed by atoms with E-state index >= 15 is 0 Å². The first-order valence-corrected chi connectivity index (χ1v) is 6.38. The van der Waals surface area contributed by atoms with Gasteiger partial charge >= 0.3 is 0 Å². The largest absolute Gasteiger partial charge is 0.341 e. The fourth-order valence-corrected chi connectivity index (χ4v) is 2.07. The molecule has 0 saturated carbocycles. The van der Waals surface area contributed by atoms with Crippen molar-refractivity contribution in [3.05, 3.63) is 54.5 Å². The molecule has 4 nitrogen and oxygen atoms in total. The average Bonchev–Trinajstić information content (AvgIpc) is 2.93. The molecule has 0 aliphatic carbocycles. The lowest BCUT2D eigenvalue weighted by molar-refractivity contribution is 0.628. The summed E-state index contributed by atoms with van der Waals surface area (Å²) in [5, 5.41) is 0. The van der Waals surface area contributed by atoms with Gasteiger partial charge in [0, 0.05) is 29.2 Å². The van der Waals surface area contributed by atoms with Crippen molar-refractivity contribution in [2.24, 2.45) is 0 Å². The molecule has 1 N–H and O–H groups in total. The predicted molar refractivity (Wildman–Crippen MR) is 74.4 cm³/mol. The lowest BCUT2D eigenvalue weighted by Gasteiger charge is -1.97. The van der Waals surface area contributed by atoms with Crippen LogP contribution in [0, 0.1) is 5.82 Å². The van der Waals surface area contributed by atoms with E-state index in [1.807, 2.05) is 0 Å². The highest BCUT2D eigenvalue weighted by Crippen LogP contribution is 2.25. The van der Waals surface area contributed by atoms with Crippen molar-refractivity contribution in [1.29, 1.82) is 0 Å². The van der Waals surface area contributed by atoms with E-state index < -0.39 is 0 Å². The molecule has 0 radical (unpaired) electrons. The molecular weight excluding hydrogens is 255 g/mol. The maximum absolute atomic E-state index is 13.0. The fraction of sp³-hybridized carbons (Fsp3) is 0.133. The van der Waals surface area contributed by atoms with Gasteiger partial charge in [-0.25, -0.2) is 19.3 Å². The number of aromatic amines is 1.